The van der Waals surface area contributed by atoms with Gasteiger partial charge in [-0.15, -0.1) is 0 Å². The summed E-state index contributed by atoms with van der Waals surface area (Å²) in [5, 5.41) is 5.67. The van der Waals surface area contributed by atoms with Gasteiger partial charge in [-0.1, -0.05) is 64.9 Å². The van der Waals surface area contributed by atoms with E-state index in [2.05, 4.69) is 10.1 Å². The van der Waals surface area contributed by atoms with Crippen molar-refractivity contribution in [1.29, 1.82) is 0 Å². The first kappa shape index (κ1) is 22.4. The summed E-state index contributed by atoms with van der Waals surface area (Å²) in [4.78, 5) is 34.3. The molecule has 5 rings (SSSR count). The van der Waals surface area contributed by atoms with E-state index in [1.54, 1.807) is 17.0 Å². The maximum absolute atomic E-state index is 12.7. The van der Waals surface area contributed by atoms with Crippen molar-refractivity contribution >= 4 is 39.6 Å². The van der Waals surface area contributed by atoms with E-state index in [-0.39, 0.29) is 18.1 Å². The lowest BCUT2D eigenvalue weighted by Crippen LogP contribution is -2.50. The molecule has 0 atom stereocenters. The van der Waals surface area contributed by atoms with Crippen LogP contribution < -0.4 is 15.2 Å². The number of carbonyl (C=O) groups excluding carboxylic acids is 1. The summed E-state index contributed by atoms with van der Waals surface area (Å²) >= 11 is 7.46. The minimum absolute atomic E-state index is 0.0715. The van der Waals surface area contributed by atoms with Gasteiger partial charge in [0.05, 0.1) is 5.02 Å². The summed E-state index contributed by atoms with van der Waals surface area (Å²) in [7, 11) is 0. The van der Waals surface area contributed by atoms with Crippen LogP contribution in [0.1, 0.15) is 5.56 Å². The zero-order chi connectivity index (χ0) is 23.7. The van der Waals surface area contributed by atoms with Gasteiger partial charge in [-0.05, 0) is 19.1 Å². The highest BCUT2D eigenvalue weighted by molar-refractivity contribution is 7.19. The number of para-hydroxylation sites is 1. The second-order valence-corrected chi connectivity index (χ2v) is 9.37. The Morgan fingerprint density at radius 1 is 1.09 bits per heavy atom. The number of hydrogen-bond donors (Lipinski definition) is 0. The number of hydrogen-bond acceptors (Lipinski definition) is 7. The van der Waals surface area contributed by atoms with E-state index in [9.17, 15) is 9.59 Å². The number of piperazine rings is 1. The lowest BCUT2D eigenvalue weighted by molar-refractivity contribution is -0.133. The van der Waals surface area contributed by atoms with Crippen LogP contribution in [-0.2, 0) is 4.79 Å². The third-order valence-corrected chi connectivity index (χ3v) is 6.94. The molecule has 0 aliphatic carbocycles. The predicted molar refractivity (Wildman–Crippen MR) is 133 cm³/mol. The van der Waals surface area contributed by atoms with Crippen LogP contribution in [0.15, 0.2) is 59.4 Å². The summed E-state index contributed by atoms with van der Waals surface area (Å²) in [5.41, 5.74) is 1.89. The van der Waals surface area contributed by atoms with Gasteiger partial charge in [0, 0.05) is 37.8 Å². The Kier molecular flexibility index (Phi) is 6.21. The summed E-state index contributed by atoms with van der Waals surface area (Å²) in [6.45, 7) is 4.14. The monoisotopic (exact) mass is 495 g/mol. The molecule has 1 fully saturated rings. The van der Waals surface area contributed by atoms with E-state index < -0.39 is 0 Å². The maximum atomic E-state index is 12.7. The number of fused-ring (bicyclic) bond motifs is 1. The summed E-state index contributed by atoms with van der Waals surface area (Å²) in [6.07, 6.45) is 0. The van der Waals surface area contributed by atoms with Crippen molar-refractivity contribution in [1.82, 2.24) is 19.5 Å². The van der Waals surface area contributed by atoms with Gasteiger partial charge in [0.15, 0.2) is 6.61 Å². The molecular formula is C24H22ClN5O3S. The van der Waals surface area contributed by atoms with Crippen LogP contribution in [0.4, 0.5) is 5.82 Å². The number of benzene rings is 2. The van der Waals surface area contributed by atoms with E-state index >= 15 is 0 Å². The maximum Gasteiger partial charge on any atom is 0.277 e. The smallest absolute Gasteiger partial charge is 0.277 e. The third-order valence-electron chi connectivity index (χ3n) is 5.67. The number of rotatable bonds is 5. The van der Waals surface area contributed by atoms with Crippen molar-refractivity contribution in [3.63, 3.8) is 0 Å². The van der Waals surface area contributed by atoms with E-state index in [0.717, 1.165) is 16.1 Å². The largest absolute Gasteiger partial charge is 0.482 e. The Balaban J connectivity index is 1.25. The van der Waals surface area contributed by atoms with E-state index in [1.165, 1.54) is 21.9 Å². The minimum Gasteiger partial charge on any atom is -0.482 e. The van der Waals surface area contributed by atoms with E-state index in [1.807, 2.05) is 48.2 Å². The van der Waals surface area contributed by atoms with Crippen LogP contribution in [0, 0.1) is 6.92 Å². The van der Waals surface area contributed by atoms with E-state index in [4.69, 9.17) is 16.3 Å². The zero-order valence-electron chi connectivity index (χ0n) is 18.5. The van der Waals surface area contributed by atoms with Crippen molar-refractivity contribution in [3.8, 4) is 16.3 Å². The molecule has 1 saturated heterocycles. The van der Waals surface area contributed by atoms with Gasteiger partial charge in [0.1, 0.15) is 16.6 Å². The van der Waals surface area contributed by atoms with Crippen LogP contribution in [0.2, 0.25) is 5.02 Å². The van der Waals surface area contributed by atoms with Crippen molar-refractivity contribution in [3.05, 3.63) is 75.5 Å². The molecule has 2 aromatic heterocycles. The van der Waals surface area contributed by atoms with E-state index in [0.29, 0.717) is 47.7 Å². The van der Waals surface area contributed by atoms with Crippen molar-refractivity contribution in [2.24, 2.45) is 0 Å². The molecule has 0 unspecified atom stereocenters. The van der Waals surface area contributed by atoms with Gasteiger partial charge in [-0.2, -0.15) is 9.61 Å². The molecule has 1 amide bonds. The Labute approximate surface area is 205 Å². The van der Waals surface area contributed by atoms with Crippen molar-refractivity contribution < 1.29 is 9.53 Å². The lowest BCUT2D eigenvalue weighted by Gasteiger charge is -2.35. The molecule has 3 heterocycles. The average Bonchev–Trinajstić information content (AvgIpc) is 3.29. The molecule has 0 spiro atoms. The molecule has 2 aromatic carbocycles. The molecule has 8 nitrogen and oxygen atoms in total. The standard InChI is InChI=1S/C24H22ClN5O3S/c1-16-6-8-17(9-7-16)23-27-30-21(31)14-20(26-24(30)34-23)28-10-12-29(13-11-28)22(32)15-33-19-5-3-2-4-18(19)25/h2-9,14H,10-13,15H2,1H3. The van der Waals surface area contributed by atoms with Crippen molar-refractivity contribution in [2.75, 3.05) is 37.7 Å². The van der Waals surface area contributed by atoms with Crippen LogP contribution >= 0.6 is 22.9 Å². The first-order chi connectivity index (χ1) is 16.5. The zero-order valence-corrected chi connectivity index (χ0v) is 20.1. The molecule has 34 heavy (non-hydrogen) atoms. The molecule has 10 heteroatoms. The number of carbonyl (C=O) groups is 1. The summed E-state index contributed by atoms with van der Waals surface area (Å²) in [6, 6.07) is 16.6. The molecular weight excluding hydrogens is 474 g/mol. The Bertz CT molecular complexity index is 1390. The van der Waals surface area contributed by atoms with Gasteiger partial charge >= 0.3 is 0 Å². The summed E-state index contributed by atoms with van der Waals surface area (Å²) in [5.74, 6) is 0.987. The molecule has 174 valence electrons. The fraction of sp³-hybridized carbons (Fsp3) is 0.250. The number of aromatic nitrogens is 3. The highest BCUT2D eigenvalue weighted by Crippen LogP contribution is 2.26. The lowest BCUT2D eigenvalue weighted by atomic mass is 10.2. The number of nitrogens with zero attached hydrogens (tertiary/aromatic N) is 5. The quantitative estimate of drug-likeness (QED) is 0.421. The van der Waals surface area contributed by atoms with Crippen molar-refractivity contribution in [2.45, 2.75) is 6.92 Å². The number of halogens is 1. The molecule has 0 saturated carbocycles. The normalized spacial score (nSPS) is 13.9. The average molecular weight is 496 g/mol. The van der Waals surface area contributed by atoms with Crippen LogP contribution in [-0.4, -0.2) is 58.2 Å². The van der Waals surface area contributed by atoms with Crippen LogP contribution in [0.5, 0.6) is 5.75 Å². The molecule has 1 aliphatic heterocycles. The van der Waals surface area contributed by atoms with Crippen LogP contribution in [0.3, 0.4) is 0 Å². The minimum atomic E-state index is -0.221. The molecule has 0 radical (unpaired) electrons. The molecule has 0 N–H and O–H groups in total. The topological polar surface area (TPSA) is 80.0 Å². The highest BCUT2D eigenvalue weighted by atomic mass is 35.5. The third kappa shape index (κ3) is 4.62. The van der Waals surface area contributed by atoms with Gasteiger partial charge in [-0.25, -0.2) is 4.98 Å². The molecule has 0 bridgehead atoms. The van der Waals surface area contributed by atoms with Gasteiger partial charge in [0.2, 0.25) is 4.96 Å². The molecule has 4 aromatic rings. The summed E-state index contributed by atoms with van der Waals surface area (Å²) < 4.78 is 6.92. The van der Waals surface area contributed by atoms with Crippen LogP contribution in [0.25, 0.3) is 15.5 Å². The van der Waals surface area contributed by atoms with Gasteiger partial charge < -0.3 is 14.5 Å². The van der Waals surface area contributed by atoms with Gasteiger partial charge in [-0.3, -0.25) is 9.59 Å². The fourth-order valence-electron chi connectivity index (χ4n) is 3.75. The number of aryl methyl sites for hydroxylation is 1. The fourth-order valence-corrected chi connectivity index (χ4v) is 4.85. The number of anilines is 1. The predicted octanol–water partition coefficient (Wildman–Crippen LogP) is 3.51. The Hall–Kier alpha value is -3.43. The Morgan fingerprint density at radius 2 is 1.82 bits per heavy atom. The first-order valence-electron chi connectivity index (χ1n) is 10.9. The van der Waals surface area contributed by atoms with Gasteiger partial charge in [0.25, 0.3) is 11.5 Å². The first-order valence-corrected chi connectivity index (χ1v) is 12.1. The second kappa shape index (κ2) is 9.44. The number of amides is 1. The molecule has 1 aliphatic rings. The highest BCUT2D eigenvalue weighted by Gasteiger charge is 2.23. The second-order valence-electron chi connectivity index (χ2n) is 8.01. The number of ether oxygens (including phenoxy) is 1. The SMILES string of the molecule is Cc1ccc(-c2nn3c(=O)cc(N4CCN(C(=O)COc5ccccc5Cl)CC4)nc3s2)cc1. The Morgan fingerprint density at radius 3 is 2.56 bits per heavy atom.